The summed E-state index contributed by atoms with van der Waals surface area (Å²) in [7, 11) is -4.31. The van der Waals surface area contributed by atoms with E-state index in [4.69, 9.17) is 4.08 Å². The zero-order valence-corrected chi connectivity index (χ0v) is 15.9. The van der Waals surface area contributed by atoms with Crippen LogP contribution in [0.15, 0.2) is 0 Å². The van der Waals surface area contributed by atoms with Crippen molar-refractivity contribution in [2.75, 3.05) is 26.2 Å². The molecular weight excluding hydrogens is 311 g/mol. The van der Waals surface area contributed by atoms with Crippen molar-refractivity contribution in [3.63, 3.8) is 0 Å². The molecule has 0 N–H and O–H groups in total. The van der Waals surface area contributed by atoms with Gasteiger partial charge in [-0.1, -0.05) is 0 Å². The summed E-state index contributed by atoms with van der Waals surface area (Å²) in [6.45, 7) is 4.80. The van der Waals surface area contributed by atoms with E-state index < -0.39 is 17.1 Å². The van der Waals surface area contributed by atoms with Gasteiger partial charge in [-0.25, -0.2) is 0 Å². The maximum atomic E-state index is 10.8. The Bertz CT molecular complexity index is 271. The van der Waals surface area contributed by atoms with Gasteiger partial charge in [0.15, 0.2) is 0 Å². The number of unbranched alkanes of at least 4 members (excludes halogenated alkanes) is 9. The Morgan fingerprint density at radius 1 is 0.714 bits per heavy atom. The van der Waals surface area contributed by atoms with Gasteiger partial charge in [-0.2, -0.15) is 0 Å². The quantitative estimate of drug-likeness (QED) is 0.379. The summed E-state index contributed by atoms with van der Waals surface area (Å²) in [5.74, 6) is 0. The normalized spacial score (nSPS) is 14.9. The molecule has 0 fully saturated rings. The molecule has 0 saturated heterocycles. The van der Waals surface area contributed by atoms with Gasteiger partial charge in [0.1, 0.15) is 0 Å². The molecule has 0 aliphatic heterocycles. The van der Waals surface area contributed by atoms with Gasteiger partial charge >= 0.3 is 132 Å². The van der Waals surface area contributed by atoms with E-state index in [1.54, 1.807) is 20.0 Å². The average Bonchev–Trinajstić information content (AvgIpc) is 2.27. The summed E-state index contributed by atoms with van der Waals surface area (Å²) in [6, 6.07) is 0. The van der Waals surface area contributed by atoms with Crippen LogP contribution in [0.25, 0.3) is 0 Å². The van der Waals surface area contributed by atoms with E-state index >= 15 is 0 Å². The summed E-state index contributed by atoms with van der Waals surface area (Å²) in [6.07, 6.45) is 13.1. The molecule has 0 radical (unpaired) electrons. The third-order valence-corrected chi connectivity index (χ3v) is 8.18. The minimum absolute atomic E-state index is 0.691. The Morgan fingerprint density at radius 3 is 1.48 bits per heavy atom. The van der Waals surface area contributed by atoms with Crippen LogP contribution < -0.4 is 14.0 Å². The van der Waals surface area contributed by atoms with Crippen molar-refractivity contribution in [2.24, 2.45) is 0 Å². The van der Waals surface area contributed by atoms with Crippen LogP contribution in [0.1, 0.15) is 71.1 Å². The number of halogens is 1. The maximum absolute atomic E-state index is 10.8. The number of rotatable bonds is 13. The van der Waals surface area contributed by atoms with Crippen molar-refractivity contribution in [1.82, 2.24) is 0 Å². The summed E-state index contributed by atoms with van der Waals surface area (Å²) < 4.78 is 37.1. The Labute approximate surface area is 133 Å². The molecule has 0 rings (SSSR count). The van der Waals surface area contributed by atoms with Crippen molar-refractivity contribution in [2.45, 2.75) is 71.1 Å². The van der Waals surface area contributed by atoms with E-state index in [0.717, 1.165) is 12.8 Å². The van der Waals surface area contributed by atoms with Crippen LogP contribution >= 0.6 is 6.83 Å². The fourth-order valence-electron chi connectivity index (χ4n) is 2.49. The van der Waals surface area contributed by atoms with Gasteiger partial charge in [-0.3, -0.25) is 0 Å². The van der Waals surface area contributed by atoms with Crippen LogP contribution in [0.2, 0.25) is 0 Å². The van der Waals surface area contributed by atoms with Gasteiger partial charge in [-0.15, -0.1) is 0 Å². The second-order valence-corrected chi connectivity index (χ2v) is 15.0. The molecule has 0 atom stereocenters. The zero-order chi connectivity index (χ0) is 16.4. The molecule has 0 amide bonds. The summed E-state index contributed by atoms with van der Waals surface area (Å²) >= 11 is 0. The summed E-state index contributed by atoms with van der Waals surface area (Å²) in [5, 5.41) is 0. The average molecular weight is 345 g/mol. The van der Waals surface area contributed by atoms with Gasteiger partial charge in [0.25, 0.3) is 0 Å². The molecule has 4 nitrogen and oxygen atoms in total. The molecule has 21 heavy (non-hydrogen) atoms. The van der Waals surface area contributed by atoms with Crippen molar-refractivity contribution in [1.29, 1.82) is 0 Å². The first-order chi connectivity index (χ1) is 9.53. The molecular formula is C15H34ClO4P. The second kappa shape index (κ2) is 9.64. The molecule has 0 aliphatic carbocycles. The fourth-order valence-corrected chi connectivity index (χ4v) is 6.57. The van der Waals surface area contributed by atoms with E-state index in [2.05, 4.69) is 6.92 Å². The van der Waals surface area contributed by atoms with Crippen molar-refractivity contribution >= 4 is 6.83 Å². The Hall–Kier alpha value is 0.560. The predicted molar refractivity (Wildman–Crippen MR) is 82.5 cm³/mol. The minimum atomic E-state index is -4.31. The SMILES string of the molecule is CCCCCCCCCCCCP(C)(C)(C)O[Cl+3]([O-])([O-])[O-]. The molecule has 130 valence electrons. The van der Waals surface area contributed by atoms with E-state index in [-0.39, 0.29) is 0 Å². The topological polar surface area (TPSA) is 78.4 Å². The second-order valence-electron chi connectivity index (χ2n) is 7.32. The van der Waals surface area contributed by atoms with E-state index in [0.29, 0.717) is 6.16 Å². The first-order valence-corrected chi connectivity index (χ1v) is 13.1. The van der Waals surface area contributed by atoms with E-state index in [1.165, 1.54) is 51.4 Å². The first-order valence-electron chi connectivity index (χ1n) is 8.16. The monoisotopic (exact) mass is 344 g/mol. The summed E-state index contributed by atoms with van der Waals surface area (Å²) in [5.41, 5.74) is 0. The molecule has 0 aromatic carbocycles. The van der Waals surface area contributed by atoms with Gasteiger partial charge < -0.3 is 0 Å². The van der Waals surface area contributed by atoms with Crippen molar-refractivity contribution in [3.8, 4) is 0 Å². The predicted octanol–water partition coefficient (Wildman–Crippen LogP) is 2.18. The Morgan fingerprint density at radius 2 is 1.10 bits per heavy atom. The molecule has 0 aliphatic rings. The van der Waals surface area contributed by atoms with Gasteiger partial charge in [0, 0.05) is 0 Å². The Kier molecular flexibility index (Phi) is 9.90. The number of hydrogen-bond acceptors (Lipinski definition) is 4. The van der Waals surface area contributed by atoms with Crippen molar-refractivity contribution < 1.29 is 28.3 Å². The molecule has 0 heterocycles. The number of hydrogen-bond donors (Lipinski definition) is 0. The third-order valence-electron chi connectivity index (χ3n) is 3.61. The van der Waals surface area contributed by atoms with E-state index in [1.807, 2.05) is 0 Å². The molecule has 6 heteroatoms. The molecule has 0 aromatic heterocycles. The van der Waals surface area contributed by atoms with Crippen LogP contribution in [0.3, 0.4) is 0 Å². The van der Waals surface area contributed by atoms with Crippen LogP contribution in [-0.4, -0.2) is 26.2 Å². The molecule has 0 aromatic rings. The fraction of sp³-hybridized carbons (Fsp3) is 1.00. The molecule has 0 bridgehead atoms. The van der Waals surface area contributed by atoms with Gasteiger partial charge in [-0.05, 0) is 0 Å². The van der Waals surface area contributed by atoms with Crippen molar-refractivity contribution in [3.05, 3.63) is 0 Å². The molecule has 0 saturated carbocycles. The van der Waals surface area contributed by atoms with Gasteiger partial charge in [0.05, 0.1) is 0 Å². The van der Waals surface area contributed by atoms with Crippen LogP contribution in [0.4, 0.5) is 0 Å². The zero-order valence-electron chi connectivity index (χ0n) is 14.2. The van der Waals surface area contributed by atoms with Gasteiger partial charge in [0.2, 0.25) is 0 Å². The molecule has 0 spiro atoms. The van der Waals surface area contributed by atoms with E-state index in [9.17, 15) is 14.0 Å². The summed E-state index contributed by atoms with van der Waals surface area (Å²) in [4.78, 5) is 0. The Balaban J connectivity index is 3.61. The standard InChI is InChI=1S/C15H34ClO4P/c1-5-6-7-8-9-10-11-12-13-14-15-21(2,3,4)20-16(17,18)19/h5-15H2,1-4H3. The molecule has 0 unspecified atom stereocenters. The van der Waals surface area contributed by atoms with Crippen LogP contribution in [0, 0.1) is 10.2 Å². The third kappa shape index (κ3) is 15.2. The first kappa shape index (κ1) is 21.6. The van der Waals surface area contributed by atoms with Crippen LogP contribution in [-0.2, 0) is 4.08 Å². The van der Waals surface area contributed by atoms with Crippen LogP contribution in [0.5, 0.6) is 0 Å².